The largest absolute Gasteiger partial charge is 0.507 e. The number of phenolic OH excluding ortho intramolecular Hbond substituents is 1. The van der Waals surface area contributed by atoms with Crippen molar-refractivity contribution >= 4 is 0 Å². The summed E-state index contributed by atoms with van der Waals surface area (Å²) in [5.74, 6) is 0.997. The van der Waals surface area contributed by atoms with Crippen LogP contribution in [0.5, 0.6) is 5.75 Å². The minimum Gasteiger partial charge on any atom is -0.507 e. The Morgan fingerprint density at radius 3 is 2.80 bits per heavy atom. The Morgan fingerprint density at radius 1 is 1.40 bits per heavy atom. The standard InChI is InChI=1S/C12H14N2O/c1-3-9-7-13-12(14-9)10-5-4-8(2)6-11(10)15/h4-7,15H,3H2,1-2H3,(H,13,14). The van der Waals surface area contributed by atoms with Gasteiger partial charge in [-0.2, -0.15) is 0 Å². The molecule has 2 N–H and O–H groups in total. The molecule has 1 aromatic carbocycles. The molecule has 3 heteroatoms. The van der Waals surface area contributed by atoms with Crippen molar-refractivity contribution in [3.63, 3.8) is 0 Å². The molecular weight excluding hydrogens is 188 g/mol. The first-order valence-electron chi connectivity index (χ1n) is 5.04. The van der Waals surface area contributed by atoms with E-state index in [2.05, 4.69) is 16.9 Å². The molecule has 0 saturated heterocycles. The second kappa shape index (κ2) is 3.77. The van der Waals surface area contributed by atoms with Gasteiger partial charge in [-0.15, -0.1) is 0 Å². The number of nitrogens with one attached hydrogen (secondary N) is 1. The highest BCUT2D eigenvalue weighted by Gasteiger charge is 2.07. The molecule has 15 heavy (non-hydrogen) atoms. The van der Waals surface area contributed by atoms with Crippen LogP contribution < -0.4 is 0 Å². The van der Waals surface area contributed by atoms with Crippen LogP contribution in [0.2, 0.25) is 0 Å². The average molecular weight is 202 g/mol. The lowest BCUT2D eigenvalue weighted by atomic mass is 10.1. The summed E-state index contributed by atoms with van der Waals surface area (Å²) < 4.78 is 0. The van der Waals surface area contributed by atoms with E-state index in [4.69, 9.17) is 0 Å². The zero-order chi connectivity index (χ0) is 10.8. The fraction of sp³-hybridized carbons (Fsp3) is 0.250. The minimum atomic E-state index is 0.270. The van der Waals surface area contributed by atoms with Crippen LogP contribution in [0.4, 0.5) is 0 Å². The number of aromatic amines is 1. The summed E-state index contributed by atoms with van der Waals surface area (Å²) in [6.07, 6.45) is 2.72. The van der Waals surface area contributed by atoms with E-state index in [-0.39, 0.29) is 5.75 Å². The molecule has 0 aliphatic carbocycles. The van der Waals surface area contributed by atoms with Crippen LogP contribution in [-0.2, 0) is 6.42 Å². The normalized spacial score (nSPS) is 10.5. The predicted octanol–water partition coefficient (Wildman–Crippen LogP) is 2.65. The van der Waals surface area contributed by atoms with Crippen LogP contribution in [0.3, 0.4) is 0 Å². The number of phenols is 1. The molecule has 2 aromatic rings. The molecule has 2 rings (SSSR count). The second-order valence-corrected chi connectivity index (χ2v) is 3.63. The fourth-order valence-electron chi connectivity index (χ4n) is 1.52. The molecule has 1 aromatic heterocycles. The van der Waals surface area contributed by atoms with Crippen molar-refractivity contribution in [2.45, 2.75) is 20.3 Å². The lowest BCUT2D eigenvalue weighted by Gasteiger charge is -2.02. The van der Waals surface area contributed by atoms with E-state index in [1.54, 1.807) is 12.3 Å². The zero-order valence-corrected chi connectivity index (χ0v) is 8.91. The van der Waals surface area contributed by atoms with Crippen molar-refractivity contribution in [1.29, 1.82) is 0 Å². The summed E-state index contributed by atoms with van der Waals surface area (Å²) in [6, 6.07) is 5.58. The van der Waals surface area contributed by atoms with Gasteiger partial charge < -0.3 is 10.1 Å². The van der Waals surface area contributed by atoms with Gasteiger partial charge in [0.15, 0.2) is 0 Å². The molecule has 0 aliphatic heterocycles. The predicted molar refractivity (Wildman–Crippen MR) is 59.8 cm³/mol. The molecule has 0 unspecified atom stereocenters. The van der Waals surface area contributed by atoms with Gasteiger partial charge in [-0.1, -0.05) is 13.0 Å². The van der Waals surface area contributed by atoms with Gasteiger partial charge in [0.25, 0.3) is 0 Å². The first-order chi connectivity index (χ1) is 7.20. The van der Waals surface area contributed by atoms with Crippen molar-refractivity contribution in [3.8, 4) is 17.1 Å². The van der Waals surface area contributed by atoms with Crippen LogP contribution >= 0.6 is 0 Å². The highest BCUT2D eigenvalue weighted by molar-refractivity contribution is 5.64. The SMILES string of the molecule is CCc1cnc(-c2ccc(C)cc2O)[nH]1. The summed E-state index contributed by atoms with van der Waals surface area (Å²) in [7, 11) is 0. The number of aryl methyl sites for hydroxylation is 2. The summed E-state index contributed by atoms with van der Waals surface area (Å²) in [6.45, 7) is 4.01. The Morgan fingerprint density at radius 2 is 2.20 bits per heavy atom. The van der Waals surface area contributed by atoms with Gasteiger partial charge in [0, 0.05) is 11.9 Å². The van der Waals surface area contributed by atoms with Crippen LogP contribution in [0.25, 0.3) is 11.4 Å². The molecule has 0 fully saturated rings. The van der Waals surface area contributed by atoms with Crippen molar-refractivity contribution in [2.24, 2.45) is 0 Å². The van der Waals surface area contributed by atoms with Gasteiger partial charge in [0.1, 0.15) is 11.6 Å². The van der Waals surface area contributed by atoms with Gasteiger partial charge in [0.05, 0.1) is 5.56 Å². The van der Waals surface area contributed by atoms with Crippen LogP contribution in [0.15, 0.2) is 24.4 Å². The molecule has 3 nitrogen and oxygen atoms in total. The number of aromatic hydroxyl groups is 1. The van der Waals surface area contributed by atoms with Crippen LogP contribution in [0.1, 0.15) is 18.2 Å². The third-order valence-corrected chi connectivity index (χ3v) is 2.42. The number of aromatic nitrogens is 2. The van der Waals surface area contributed by atoms with Gasteiger partial charge in [-0.25, -0.2) is 4.98 Å². The Labute approximate surface area is 88.8 Å². The number of hydrogen-bond donors (Lipinski definition) is 2. The molecule has 78 valence electrons. The topological polar surface area (TPSA) is 48.9 Å². The monoisotopic (exact) mass is 202 g/mol. The molecule has 0 atom stereocenters. The zero-order valence-electron chi connectivity index (χ0n) is 8.91. The lowest BCUT2D eigenvalue weighted by Crippen LogP contribution is -1.84. The first kappa shape index (κ1) is 9.77. The van der Waals surface area contributed by atoms with Crippen LogP contribution in [-0.4, -0.2) is 15.1 Å². The quantitative estimate of drug-likeness (QED) is 0.786. The average Bonchev–Trinajstić information content (AvgIpc) is 2.66. The molecule has 0 spiro atoms. The van der Waals surface area contributed by atoms with E-state index in [9.17, 15) is 5.11 Å². The van der Waals surface area contributed by atoms with Gasteiger partial charge in [-0.3, -0.25) is 0 Å². The molecule has 1 heterocycles. The fourth-order valence-corrected chi connectivity index (χ4v) is 1.52. The number of benzene rings is 1. The van der Waals surface area contributed by atoms with E-state index >= 15 is 0 Å². The Bertz CT molecular complexity index is 474. The number of rotatable bonds is 2. The highest BCUT2D eigenvalue weighted by Crippen LogP contribution is 2.27. The number of H-pyrrole nitrogens is 1. The molecule has 0 amide bonds. The molecule has 0 bridgehead atoms. The first-order valence-corrected chi connectivity index (χ1v) is 5.04. The van der Waals surface area contributed by atoms with E-state index in [0.717, 1.165) is 29.1 Å². The maximum Gasteiger partial charge on any atom is 0.141 e. The van der Waals surface area contributed by atoms with Crippen molar-refractivity contribution < 1.29 is 5.11 Å². The molecule has 0 saturated carbocycles. The van der Waals surface area contributed by atoms with Crippen molar-refractivity contribution in [3.05, 3.63) is 35.7 Å². The maximum atomic E-state index is 9.77. The summed E-state index contributed by atoms with van der Waals surface area (Å²) in [5, 5.41) is 9.77. The smallest absolute Gasteiger partial charge is 0.141 e. The number of imidazole rings is 1. The van der Waals surface area contributed by atoms with Crippen molar-refractivity contribution in [1.82, 2.24) is 9.97 Å². The Kier molecular flexibility index (Phi) is 2.46. The van der Waals surface area contributed by atoms with E-state index < -0.39 is 0 Å². The summed E-state index contributed by atoms with van der Waals surface area (Å²) >= 11 is 0. The Hall–Kier alpha value is -1.77. The van der Waals surface area contributed by atoms with Gasteiger partial charge in [0.2, 0.25) is 0 Å². The van der Waals surface area contributed by atoms with Gasteiger partial charge in [-0.05, 0) is 31.0 Å². The lowest BCUT2D eigenvalue weighted by molar-refractivity contribution is 0.476. The molecular formula is C12H14N2O. The third kappa shape index (κ3) is 1.86. The summed E-state index contributed by atoms with van der Waals surface area (Å²) in [4.78, 5) is 7.40. The molecule has 0 radical (unpaired) electrons. The van der Waals surface area contributed by atoms with E-state index in [1.165, 1.54) is 0 Å². The second-order valence-electron chi connectivity index (χ2n) is 3.63. The number of hydrogen-bond acceptors (Lipinski definition) is 2. The minimum absolute atomic E-state index is 0.270. The maximum absolute atomic E-state index is 9.77. The highest BCUT2D eigenvalue weighted by atomic mass is 16.3. The van der Waals surface area contributed by atoms with Crippen LogP contribution in [0, 0.1) is 6.92 Å². The van der Waals surface area contributed by atoms with E-state index in [1.807, 2.05) is 19.1 Å². The van der Waals surface area contributed by atoms with Gasteiger partial charge >= 0.3 is 0 Å². The summed E-state index contributed by atoms with van der Waals surface area (Å²) in [5.41, 5.74) is 2.86. The number of nitrogens with zero attached hydrogens (tertiary/aromatic N) is 1. The third-order valence-electron chi connectivity index (χ3n) is 2.42. The van der Waals surface area contributed by atoms with E-state index in [0.29, 0.717) is 0 Å². The molecule has 0 aliphatic rings. The Balaban J connectivity index is 2.44. The van der Waals surface area contributed by atoms with Crippen molar-refractivity contribution in [2.75, 3.05) is 0 Å².